The minimum atomic E-state index is -2.88. The van der Waals surface area contributed by atoms with Crippen molar-refractivity contribution >= 4 is 15.8 Å². The van der Waals surface area contributed by atoms with Crippen molar-refractivity contribution in [1.29, 1.82) is 0 Å². The van der Waals surface area contributed by atoms with Gasteiger partial charge in [-0.3, -0.25) is 9.69 Å². The topological polar surface area (TPSA) is 74.7 Å². The molecular formula is C12H21NO4S. The first-order chi connectivity index (χ1) is 8.41. The molecule has 2 aliphatic heterocycles. The van der Waals surface area contributed by atoms with E-state index in [1.807, 2.05) is 6.92 Å². The maximum Gasteiger partial charge on any atom is 0.324 e. The van der Waals surface area contributed by atoms with Crippen LogP contribution in [0.2, 0.25) is 0 Å². The van der Waals surface area contributed by atoms with E-state index in [4.69, 9.17) is 0 Å². The first-order valence-corrected chi connectivity index (χ1v) is 8.44. The van der Waals surface area contributed by atoms with Gasteiger partial charge in [0.2, 0.25) is 0 Å². The van der Waals surface area contributed by atoms with Crippen LogP contribution in [0.4, 0.5) is 0 Å². The van der Waals surface area contributed by atoms with E-state index in [1.54, 1.807) is 0 Å². The van der Waals surface area contributed by atoms with Gasteiger partial charge < -0.3 is 5.11 Å². The molecule has 0 aromatic rings. The standard InChI is InChI=1S/C12H21NO4S/c1-2-12(11(14)15)6-3-7-13(12)10-4-8-18(16,17)9-5-10/h10H,2-9H2,1H3,(H,14,15). The third-order valence-corrected chi connectivity index (χ3v) is 6.20. The summed E-state index contributed by atoms with van der Waals surface area (Å²) in [5.41, 5.74) is -0.758. The van der Waals surface area contributed by atoms with Crippen LogP contribution in [0.15, 0.2) is 0 Å². The Labute approximate surface area is 108 Å². The molecule has 0 amide bonds. The van der Waals surface area contributed by atoms with Gasteiger partial charge in [-0.1, -0.05) is 6.92 Å². The van der Waals surface area contributed by atoms with Gasteiger partial charge in [-0.05, 0) is 38.6 Å². The molecule has 0 radical (unpaired) electrons. The molecule has 0 bridgehead atoms. The van der Waals surface area contributed by atoms with Gasteiger partial charge >= 0.3 is 5.97 Å². The molecule has 0 aromatic carbocycles. The predicted molar refractivity (Wildman–Crippen MR) is 68.3 cm³/mol. The highest BCUT2D eigenvalue weighted by Crippen LogP contribution is 2.37. The Hall–Kier alpha value is -0.620. The Kier molecular flexibility index (Phi) is 3.69. The van der Waals surface area contributed by atoms with Crippen LogP contribution in [0.3, 0.4) is 0 Å². The molecule has 2 heterocycles. The molecule has 6 heteroatoms. The second-order valence-corrected chi connectivity index (χ2v) is 7.67. The summed E-state index contributed by atoms with van der Waals surface area (Å²) in [5.74, 6) is -0.350. The maximum absolute atomic E-state index is 11.6. The van der Waals surface area contributed by atoms with Crippen LogP contribution in [0.25, 0.3) is 0 Å². The lowest BCUT2D eigenvalue weighted by molar-refractivity contribution is -0.151. The molecular weight excluding hydrogens is 254 g/mol. The molecule has 0 spiro atoms. The molecule has 18 heavy (non-hydrogen) atoms. The monoisotopic (exact) mass is 275 g/mol. The molecule has 104 valence electrons. The van der Waals surface area contributed by atoms with Gasteiger partial charge in [0.1, 0.15) is 15.4 Å². The van der Waals surface area contributed by atoms with Gasteiger partial charge in [0.05, 0.1) is 11.5 Å². The van der Waals surface area contributed by atoms with E-state index >= 15 is 0 Å². The van der Waals surface area contributed by atoms with Gasteiger partial charge in [0.25, 0.3) is 0 Å². The van der Waals surface area contributed by atoms with Crippen LogP contribution in [-0.2, 0) is 14.6 Å². The zero-order chi connectivity index (χ0) is 13.4. The summed E-state index contributed by atoms with van der Waals surface area (Å²) in [5, 5.41) is 9.51. The molecule has 1 atom stereocenters. The number of nitrogens with zero attached hydrogens (tertiary/aromatic N) is 1. The summed E-state index contributed by atoms with van der Waals surface area (Å²) in [6.45, 7) is 2.69. The minimum absolute atomic E-state index is 0.118. The molecule has 5 nitrogen and oxygen atoms in total. The number of aliphatic carboxylic acids is 1. The number of hydrogen-bond acceptors (Lipinski definition) is 4. The number of carboxylic acid groups (broad SMARTS) is 1. The fourth-order valence-corrected chi connectivity index (χ4v) is 4.85. The van der Waals surface area contributed by atoms with Gasteiger partial charge in [-0.15, -0.1) is 0 Å². The van der Waals surface area contributed by atoms with E-state index in [-0.39, 0.29) is 17.5 Å². The highest BCUT2D eigenvalue weighted by Gasteiger charge is 2.49. The molecule has 1 unspecified atom stereocenters. The first kappa shape index (κ1) is 13.8. The quantitative estimate of drug-likeness (QED) is 0.828. The van der Waals surface area contributed by atoms with Gasteiger partial charge in [-0.2, -0.15) is 0 Å². The van der Waals surface area contributed by atoms with Gasteiger partial charge in [0.15, 0.2) is 0 Å². The van der Waals surface area contributed by atoms with Crippen LogP contribution >= 0.6 is 0 Å². The second kappa shape index (κ2) is 4.81. The zero-order valence-corrected chi connectivity index (χ0v) is 11.6. The number of hydrogen-bond donors (Lipinski definition) is 1. The van der Waals surface area contributed by atoms with Crippen LogP contribution in [-0.4, -0.2) is 54.0 Å². The average Bonchev–Trinajstić information content (AvgIpc) is 2.74. The van der Waals surface area contributed by atoms with Crippen LogP contribution in [0, 0.1) is 0 Å². The van der Waals surface area contributed by atoms with E-state index in [0.29, 0.717) is 25.7 Å². The van der Waals surface area contributed by atoms with E-state index in [0.717, 1.165) is 13.0 Å². The normalized spacial score (nSPS) is 33.6. The van der Waals surface area contributed by atoms with E-state index in [1.165, 1.54) is 0 Å². The molecule has 2 aliphatic rings. The SMILES string of the molecule is CCC1(C(=O)O)CCCN1C1CCS(=O)(=O)CC1. The van der Waals surface area contributed by atoms with Crippen molar-refractivity contribution in [2.45, 2.75) is 50.6 Å². The van der Waals surface area contributed by atoms with Gasteiger partial charge in [-0.25, -0.2) is 8.42 Å². The highest BCUT2D eigenvalue weighted by atomic mass is 32.2. The maximum atomic E-state index is 11.6. The lowest BCUT2D eigenvalue weighted by atomic mass is 9.91. The largest absolute Gasteiger partial charge is 0.480 e. The molecule has 1 N–H and O–H groups in total. The van der Waals surface area contributed by atoms with Gasteiger partial charge in [0, 0.05) is 6.04 Å². The highest BCUT2D eigenvalue weighted by molar-refractivity contribution is 7.91. The molecule has 2 rings (SSSR count). The van der Waals surface area contributed by atoms with Crippen molar-refractivity contribution in [2.24, 2.45) is 0 Å². The van der Waals surface area contributed by atoms with Crippen LogP contribution in [0.5, 0.6) is 0 Å². The van der Waals surface area contributed by atoms with Crippen molar-refractivity contribution in [2.75, 3.05) is 18.1 Å². The molecule has 2 saturated heterocycles. The number of likely N-dealkylation sites (tertiary alicyclic amines) is 1. The molecule has 0 saturated carbocycles. The summed E-state index contributed by atoms with van der Waals surface area (Å²) in [7, 11) is -2.88. The van der Waals surface area contributed by atoms with Crippen molar-refractivity contribution < 1.29 is 18.3 Å². The molecule has 2 fully saturated rings. The number of carboxylic acids is 1. The summed E-state index contributed by atoms with van der Waals surface area (Å²) in [6.07, 6.45) is 3.33. The van der Waals surface area contributed by atoms with E-state index in [9.17, 15) is 18.3 Å². The van der Waals surface area contributed by atoms with Crippen molar-refractivity contribution in [3.8, 4) is 0 Å². The molecule has 0 aliphatic carbocycles. The van der Waals surface area contributed by atoms with Crippen LogP contribution in [0.1, 0.15) is 39.0 Å². The Balaban J connectivity index is 2.15. The summed E-state index contributed by atoms with van der Waals surface area (Å²) in [4.78, 5) is 13.6. The number of carbonyl (C=O) groups is 1. The Morgan fingerprint density at radius 2 is 2.00 bits per heavy atom. The van der Waals surface area contributed by atoms with Crippen molar-refractivity contribution in [3.05, 3.63) is 0 Å². The summed E-state index contributed by atoms with van der Waals surface area (Å²) in [6, 6.07) is 0.118. The fraction of sp³-hybridized carbons (Fsp3) is 0.917. The Morgan fingerprint density at radius 3 is 2.50 bits per heavy atom. The second-order valence-electron chi connectivity index (χ2n) is 5.37. The minimum Gasteiger partial charge on any atom is -0.480 e. The summed E-state index contributed by atoms with van der Waals surface area (Å²) < 4.78 is 22.9. The average molecular weight is 275 g/mol. The number of rotatable bonds is 3. The van der Waals surface area contributed by atoms with Crippen LogP contribution < -0.4 is 0 Å². The Bertz CT molecular complexity index is 419. The third kappa shape index (κ3) is 2.28. The summed E-state index contributed by atoms with van der Waals surface area (Å²) >= 11 is 0. The fourth-order valence-electron chi connectivity index (χ4n) is 3.38. The number of sulfone groups is 1. The zero-order valence-electron chi connectivity index (χ0n) is 10.8. The molecule has 0 aromatic heterocycles. The van der Waals surface area contributed by atoms with Crippen molar-refractivity contribution in [1.82, 2.24) is 4.90 Å². The lowest BCUT2D eigenvalue weighted by Gasteiger charge is -2.41. The lowest BCUT2D eigenvalue weighted by Crippen LogP contribution is -2.55. The van der Waals surface area contributed by atoms with E-state index in [2.05, 4.69) is 4.90 Å². The Morgan fingerprint density at radius 1 is 1.39 bits per heavy atom. The third-order valence-electron chi connectivity index (χ3n) is 4.49. The van der Waals surface area contributed by atoms with Crippen molar-refractivity contribution in [3.63, 3.8) is 0 Å². The first-order valence-electron chi connectivity index (χ1n) is 6.62. The predicted octanol–water partition coefficient (Wildman–Crippen LogP) is 0.893. The smallest absolute Gasteiger partial charge is 0.324 e. The van der Waals surface area contributed by atoms with E-state index < -0.39 is 21.3 Å².